The van der Waals surface area contributed by atoms with Crippen LogP contribution in [0.25, 0.3) is 22.3 Å². The molecule has 1 heteroatoms. The molecule has 0 N–H and O–H groups in total. The molecule has 0 aromatic heterocycles. The van der Waals surface area contributed by atoms with Gasteiger partial charge in [-0.3, -0.25) is 0 Å². The fraction of sp³-hybridized carbons (Fsp3) is 0.143. The summed E-state index contributed by atoms with van der Waals surface area (Å²) in [6.45, 7) is 2.18. The number of benzene rings is 3. The third-order valence-electron chi connectivity index (χ3n) is 4.03. The van der Waals surface area contributed by atoms with Crippen LogP contribution in [0.2, 0.25) is 0 Å². The molecule has 0 unspecified atom stereocenters. The standard InChI is InChI=1S/C21H21N/c1-16-8-7-11-20(21(16)18-9-5-4-6-10-18)17-12-14-19(15-13-17)22(2)3/h4-15H,1-3H3. The van der Waals surface area contributed by atoms with Crippen LogP contribution in [0.3, 0.4) is 0 Å². The van der Waals surface area contributed by atoms with Crippen LogP contribution in [0.4, 0.5) is 5.69 Å². The first kappa shape index (κ1) is 14.4. The van der Waals surface area contributed by atoms with Crippen LogP contribution in [0.1, 0.15) is 5.56 Å². The number of rotatable bonds is 3. The average molecular weight is 287 g/mol. The van der Waals surface area contributed by atoms with Crippen LogP contribution in [-0.2, 0) is 0 Å². The molecule has 0 amide bonds. The lowest BCUT2D eigenvalue weighted by molar-refractivity contribution is 1.13. The maximum atomic E-state index is 2.21. The Kier molecular flexibility index (Phi) is 3.97. The van der Waals surface area contributed by atoms with Gasteiger partial charge in [-0.2, -0.15) is 0 Å². The molecule has 0 aliphatic carbocycles. The van der Waals surface area contributed by atoms with E-state index in [1.807, 2.05) is 0 Å². The smallest absolute Gasteiger partial charge is 0.0361 e. The van der Waals surface area contributed by atoms with Gasteiger partial charge in [0.1, 0.15) is 0 Å². The van der Waals surface area contributed by atoms with E-state index in [0.717, 1.165) is 0 Å². The number of hydrogen-bond acceptors (Lipinski definition) is 1. The number of hydrogen-bond donors (Lipinski definition) is 0. The van der Waals surface area contributed by atoms with Crippen LogP contribution in [-0.4, -0.2) is 14.1 Å². The Bertz CT molecular complexity index is 756. The quantitative estimate of drug-likeness (QED) is 0.624. The first-order chi connectivity index (χ1) is 10.7. The molecule has 3 aromatic carbocycles. The molecule has 0 spiro atoms. The summed E-state index contributed by atoms with van der Waals surface area (Å²) in [5.74, 6) is 0. The van der Waals surface area contributed by atoms with E-state index in [-0.39, 0.29) is 0 Å². The van der Waals surface area contributed by atoms with Gasteiger partial charge in [0.05, 0.1) is 0 Å². The zero-order valence-corrected chi connectivity index (χ0v) is 13.4. The molecule has 0 heterocycles. The molecule has 0 saturated heterocycles. The molecule has 0 saturated carbocycles. The highest BCUT2D eigenvalue weighted by Crippen LogP contribution is 2.35. The molecule has 0 aliphatic rings. The van der Waals surface area contributed by atoms with Crippen LogP contribution in [0.15, 0.2) is 72.8 Å². The highest BCUT2D eigenvalue weighted by atomic mass is 15.1. The molecule has 0 radical (unpaired) electrons. The van der Waals surface area contributed by atoms with E-state index in [4.69, 9.17) is 0 Å². The van der Waals surface area contributed by atoms with Crippen LogP contribution < -0.4 is 4.90 Å². The van der Waals surface area contributed by atoms with Crippen molar-refractivity contribution in [2.45, 2.75) is 6.92 Å². The summed E-state index contributed by atoms with van der Waals surface area (Å²) in [6, 6.07) is 25.9. The molecule has 0 aliphatic heterocycles. The maximum Gasteiger partial charge on any atom is 0.0361 e. The molecule has 3 aromatic rings. The van der Waals surface area contributed by atoms with Crippen molar-refractivity contribution in [1.29, 1.82) is 0 Å². The van der Waals surface area contributed by atoms with E-state index in [0.29, 0.717) is 0 Å². The Labute approximate surface area is 132 Å². The summed E-state index contributed by atoms with van der Waals surface area (Å²) >= 11 is 0. The number of anilines is 1. The highest BCUT2D eigenvalue weighted by molar-refractivity contribution is 5.86. The lowest BCUT2D eigenvalue weighted by atomic mass is 9.91. The van der Waals surface area contributed by atoms with E-state index in [1.165, 1.54) is 33.5 Å². The molecule has 1 nitrogen and oxygen atoms in total. The van der Waals surface area contributed by atoms with Crippen molar-refractivity contribution < 1.29 is 0 Å². The topological polar surface area (TPSA) is 3.24 Å². The third-order valence-corrected chi connectivity index (χ3v) is 4.03. The minimum atomic E-state index is 1.22. The predicted octanol–water partition coefficient (Wildman–Crippen LogP) is 5.40. The van der Waals surface area contributed by atoms with Crippen molar-refractivity contribution in [2.75, 3.05) is 19.0 Å². The molecule has 3 rings (SSSR count). The molecule has 0 bridgehead atoms. The van der Waals surface area contributed by atoms with E-state index < -0.39 is 0 Å². The minimum Gasteiger partial charge on any atom is -0.378 e. The Hall–Kier alpha value is -2.54. The second kappa shape index (κ2) is 6.07. The lowest BCUT2D eigenvalue weighted by Gasteiger charge is -2.16. The Morgan fingerprint density at radius 2 is 1.32 bits per heavy atom. The van der Waals surface area contributed by atoms with E-state index in [1.54, 1.807) is 0 Å². The van der Waals surface area contributed by atoms with Crippen molar-refractivity contribution in [2.24, 2.45) is 0 Å². The zero-order chi connectivity index (χ0) is 15.5. The van der Waals surface area contributed by atoms with Gasteiger partial charge < -0.3 is 4.90 Å². The summed E-state index contributed by atoms with van der Waals surface area (Å²) in [6.07, 6.45) is 0. The Morgan fingerprint density at radius 3 is 1.95 bits per heavy atom. The summed E-state index contributed by atoms with van der Waals surface area (Å²) in [7, 11) is 4.13. The third kappa shape index (κ3) is 2.75. The molecule has 0 fully saturated rings. The van der Waals surface area contributed by atoms with Gasteiger partial charge in [0, 0.05) is 19.8 Å². The molecular weight excluding hydrogens is 266 g/mol. The van der Waals surface area contributed by atoms with Gasteiger partial charge >= 0.3 is 0 Å². The Balaban J connectivity index is 2.13. The number of nitrogens with zero attached hydrogens (tertiary/aromatic N) is 1. The zero-order valence-electron chi connectivity index (χ0n) is 13.4. The lowest BCUT2D eigenvalue weighted by Crippen LogP contribution is -2.07. The second-order valence-electron chi connectivity index (χ2n) is 5.80. The van der Waals surface area contributed by atoms with Gasteiger partial charge in [-0.15, -0.1) is 0 Å². The van der Waals surface area contributed by atoms with Crippen LogP contribution in [0.5, 0.6) is 0 Å². The summed E-state index contributed by atoms with van der Waals surface area (Å²) < 4.78 is 0. The highest BCUT2D eigenvalue weighted by Gasteiger charge is 2.10. The SMILES string of the molecule is Cc1cccc(-c2ccc(N(C)C)cc2)c1-c1ccccc1. The predicted molar refractivity (Wildman–Crippen MR) is 96.4 cm³/mol. The van der Waals surface area contributed by atoms with Gasteiger partial charge in [-0.05, 0) is 46.9 Å². The van der Waals surface area contributed by atoms with Crippen LogP contribution >= 0.6 is 0 Å². The van der Waals surface area contributed by atoms with Gasteiger partial charge in [0.25, 0.3) is 0 Å². The monoisotopic (exact) mass is 287 g/mol. The Morgan fingerprint density at radius 1 is 0.636 bits per heavy atom. The molecule has 110 valence electrons. The minimum absolute atomic E-state index is 1.22. The normalized spacial score (nSPS) is 10.5. The van der Waals surface area contributed by atoms with Crippen molar-refractivity contribution >= 4 is 5.69 Å². The van der Waals surface area contributed by atoms with Crippen molar-refractivity contribution in [3.8, 4) is 22.3 Å². The molecule has 22 heavy (non-hydrogen) atoms. The van der Waals surface area contributed by atoms with Crippen LogP contribution in [0, 0.1) is 6.92 Å². The number of aryl methyl sites for hydroxylation is 1. The van der Waals surface area contributed by atoms with Gasteiger partial charge in [0.2, 0.25) is 0 Å². The van der Waals surface area contributed by atoms with Gasteiger partial charge in [-0.25, -0.2) is 0 Å². The first-order valence-corrected chi connectivity index (χ1v) is 7.59. The van der Waals surface area contributed by atoms with E-state index >= 15 is 0 Å². The largest absolute Gasteiger partial charge is 0.378 e. The van der Waals surface area contributed by atoms with E-state index in [2.05, 4.69) is 98.7 Å². The van der Waals surface area contributed by atoms with Crippen molar-refractivity contribution in [1.82, 2.24) is 0 Å². The first-order valence-electron chi connectivity index (χ1n) is 7.59. The van der Waals surface area contributed by atoms with Crippen molar-refractivity contribution in [3.05, 3.63) is 78.4 Å². The van der Waals surface area contributed by atoms with Gasteiger partial charge in [0.15, 0.2) is 0 Å². The maximum absolute atomic E-state index is 2.21. The summed E-state index contributed by atoms with van der Waals surface area (Å²) in [5, 5.41) is 0. The summed E-state index contributed by atoms with van der Waals surface area (Å²) in [4.78, 5) is 2.12. The fourth-order valence-corrected chi connectivity index (χ4v) is 2.84. The average Bonchev–Trinajstić information content (AvgIpc) is 2.55. The fourth-order valence-electron chi connectivity index (χ4n) is 2.84. The molecular formula is C21H21N. The van der Waals surface area contributed by atoms with Crippen molar-refractivity contribution in [3.63, 3.8) is 0 Å². The van der Waals surface area contributed by atoms with Gasteiger partial charge in [-0.1, -0.05) is 60.7 Å². The summed E-state index contributed by atoms with van der Waals surface area (Å²) in [5.41, 5.74) is 7.66. The second-order valence-corrected chi connectivity index (χ2v) is 5.80. The van der Waals surface area contributed by atoms with E-state index in [9.17, 15) is 0 Å². The molecule has 0 atom stereocenters.